The predicted molar refractivity (Wildman–Crippen MR) is 142 cm³/mol. The molecule has 4 rings (SSSR count). The van der Waals surface area contributed by atoms with Crippen LogP contribution in [-0.2, 0) is 35.4 Å². The zero-order valence-electron chi connectivity index (χ0n) is 24.7. The van der Waals surface area contributed by atoms with Crippen molar-refractivity contribution in [3.05, 3.63) is 60.2 Å². The van der Waals surface area contributed by atoms with Crippen LogP contribution in [0.5, 0.6) is 0 Å². The monoisotopic (exact) mass is 549 g/mol. The van der Waals surface area contributed by atoms with Crippen molar-refractivity contribution in [1.82, 2.24) is 4.31 Å². The van der Waals surface area contributed by atoms with Gasteiger partial charge in [0.1, 0.15) is 6.08 Å². The molecule has 0 aromatic heterocycles. The lowest BCUT2D eigenvalue weighted by atomic mass is 9.90. The van der Waals surface area contributed by atoms with Crippen LogP contribution in [0.1, 0.15) is 36.4 Å². The second kappa shape index (κ2) is 12.6. The number of nitrogens with two attached hydrogens (primary N) is 1. The summed E-state index contributed by atoms with van der Waals surface area (Å²) >= 11 is 0. The van der Waals surface area contributed by atoms with Crippen LogP contribution in [0.4, 0.5) is 5.69 Å². The Bertz CT molecular complexity index is 1300. The maximum Gasteiger partial charge on any atom is 0.306 e. The number of carbonyl (C=O) groups is 1. The number of hydrogen-bond acceptors (Lipinski definition) is 8. The second-order valence-corrected chi connectivity index (χ2v) is 12.1. The molecule has 5 atom stereocenters. The number of hydrogen-bond donors (Lipinski definition) is 2. The van der Waals surface area contributed by atoms with Crippen molar-refractivity contribution in [1.29, 1.82) is 0 Å². The van der Waals surface area contributed by atoms with Crippen LogP contribution in [0.25, 0.3) is 0 Å². The molecular weight excluding hydrogens is 508 g/mol. The Balaban J connectivity index is 1.56. The quantitative estimate of drug-likeness (QED) is 0.306. The highest BCUT2D eigenvalue weighted by Crippen LogP contribution is 2.33. The van der Waals surface area contributed by atoms with Gasteiger partial charge in [-0.25, -0.2) is 8.42 Å². The van der Waals surface area contributed by atoms with Gasteiger partial charge < -0.3 is 25.1 Å². The van der Waals surface area contributed by atoms with Gasteiger partial charge in [-0.3, -0.25) is 4.79 Å². The third-order valence-electron chi connectivity index (χ3n) is 6.67. The molecule has 2 fully saturated rings. The van der Waals surface area contributed by atoms with Gasteiger partial charge in [-0.05, 0) is 48.6 Å². The number of aliphatic hydroxyl groups is 1. The van der Waals surface area contributed by atoms with E-state index in [0.717, 1.165) is 5.56 Å². The van der Waals surface area contributed by atoms with Crippen LogP contribution in [0, 0.1) is 17.8 Å². The van der Waals surface area contributed by atoms with E-state index in [-0.39, 0.29) is 43.4 Å². The summed E-state index contributed by atoms with van der Waals surface area (Å²) in [5.41, 5.74) is 6.96. The predicted octanol–water partition coefficient (Wildman–Crippen LogP) is 2.83. The van der Waals surface area contributed by atoms with Crippen LogP contribution in [0.3, 0.4) is 0 Å². The summed E-state index contributed by atoms with van der Waals surface area (Å²) in [6.45, 7) is 1.23. The fraction of sp³-hybridized carbons (Fsp3) is 0.536. The van der Waals surface area contributed by atoms with E-state index in [2.05, 4.69) is 0 Å². The SMILES string of the molecule is [2H]C1([2H])O[C@H]2OCC[C@H]2[C@@]1([2H])OC(=O)C[C@@H](Cc1ccccc1)[C@H](O)CN(CC(C)C)S(=O)(=O)c1ccc(N)cc1. The molecule has 2 aromatic rings. The van der Waals surface area contributed by atoms with Crippen molar-refractivity contribution in [2.24, 2.45) is 17.8 Å². The molecule has 2 aliphatic heterocycles. The Morgan fingerprint density at radius 2 is 1.89 bits per heavy atom. The first-order chi connectivity index (χ1) is 19.2. The molecule has 0 bridgehead atoms. The number of nitrogen functional groups attached to an aromatic ring is 1. The molecule has 0 saturated carbocycles. The highest BCUT2D eigenvalue weighted by Gasteiger charge is 2.44. The van der Waals surface area contributed by atoms with Crippen molar-refractivity contribution in [2.45, 2.75) is 56.5 Å². The van der Waals surface area contributed by atoms with Gasteiger partial charge in [-0.2, -0.15) is 4.31 Å². The zero-order chi connectivity index (χ0) is 30.0. The van der Waals surface area contributed by atoms with E-state index in [9.17, 15) is 18.3 Å². The molecule has 2 saturated heterocycles. The smallest absolute Gasteiger partial charge is 0.306 e. The molecule has 3 N–H and O–H groups in total. The number of aliphatic hydroxyl groups excluding tert-OH is 1. The standard InChI is InChI=1S/C28H38N2O7S/c1-19(2)16-30(38(33,34)23-10-8-22(29)9-11-23)17-25(31)21(14-20-6-4-3-5-7-20)15-27(32)37-26-18-36-28-24(26)12-13-35-28/h3-11,19,21,24-26,28,31H,12-18,29H2,1-2H3/t21-,24+,25-,26+,28-/m1/s1/i18D2,26D. The van der Waals surface area contributed by atoms with Gasteiger partial charge in [0.15, 0.2) is 6.29 Å². The summed E-state index contributed by atoms with van der Waals surface area (Å²) in [7, 11) is -4.00. The molecule has 9 nitrogen and oxygen atoms in total. The number of anilines is 1. The average molecular weight is 550 g/mol. The van der Waals surface area contributed by atoms with Gasteiger partial charge in [-0.15, -0.1) is 0 Å². The van der Waals surface area contributed by atoms with Crippen molar-refractivity contribution in [2.75, 3.05) is 32.0 Å². The average Bonchev–Trinajstić information content (AvgIpc) is 3.42. The topological polar surface area (TPSA) is 128 Å². The van der Waals surface area contributed by atoms with Crippen molar-refractivity contribution >= 4 is 21.7 Å². The first-order valence-corrected chi connectivity index (χ1v) is 14.3. The Hall–Kier alpha value is -2.50. The number of sulfonamides is 1. The molecular formula is C28H38N2O7S. The molecule has 2 aliphatic rings. The fourth-order valence-corrected chi connectivity index (χ4v) is 6.31. The lowest BCUT2D eigenvalue weighted by Gasteiger charge is -2.30. The number of esters is 1. The Morgan fingerprint density at radius 3 is 2.58 bits per heavy atom. The molecule has 38 heavy (non-hydrogen) atoms. The van der Waals surface area contributed by atoms with E-state index in [0.29, 0.717) is 12.1 Å². The minimum Gasteiger partial charge on any atom is -0.459 e. The summed E-state index contributed by atoms with van der Waals surface area (Å²) in [5, 5.41) is 11.4. The molecule has 208 valence electrons. The molecule has 0 aliphatic carbocycles. The normalized spacial score (nSPS) is 27.3. The number of rotatable bonds is 12. The van der Waals surface area contributed by atoms with Crippen LogP contribution >= 0.6 is 0 Å². The number of ether oxygens (including phenoxy) is 3. The first-order valence-electron chi connectivity index (χ1n) is 14.3. The Labute approximate surface area is 229 Å². The van der Waals surface area contributed by atoms with Crippen LogP contribution in [0.15, 0.2) is 59.5 Å². The van der Waals surface area contributed by atoms with Gasteiger partial charge in [0, 0.05) is 24.7 Å². The lowest BCUT2D eigenvalue weighted by Crippen LogP contribution is -2.43. The van der Waals surface area contributed by atoms with Crippen molar-refractivity contribution in [3.63, 3.8) is 0 Å². The van der Waals surface area contributed by atoms with Gasteiger partial charge in [0.2, 0.25) is 10.0 Å². The minimum absolute atomic E-state index is 0.0338. The number of benzene rings is 2. The molecule has 2 heterocycles. The highest BCUT2D eigenvalue weighted by molar-refractivity contribution is 7.89. The van der Waals surface area contributed by atoms with Crippen LogP contribution in [-0.4, -0.2) is 68.5 Å². The molecule has 0 unspecified atom stereocenters. The van der Waals surface area contributed by atoms with Crippen LogP contribution in [0.2, 0.25) is 0 Å². The molecule has 10 heteroatoms. The molecule has 0 radical (unpaired) electrons. The van der Waals surface area contributed by atoms with E-state index in [1.54, 1.807) is 0 Å². The molecule has 0 spiro atoms. The maximum atomic E-state index is 13.6. The maximum absolute atomic E-state index is 13.6. The number of fused-ring (bicyclic) bond motifs is 1. The molecule has 2 aromatic carbocycles. The van der Waals surface area contributed by atoms with E-state index in [1.807, 2.05) is 44.2 Å². The van der Waals surface area contributed by atoms with E-state index < -0.39 is 52.9 Å². The third kappa shape index (κ3) is 7.12. The Kier molecular flexibility index (Phi) is 8.12. The van der Waals surface area contributed by atoms with Crippen LogP contribution < -0.4 is 5.73 Å². The Morgan fingerprint density at radius 1 is 1.18 bits per heavy atom. The van der Waals surface area contributed by atoms with Crippen molar-refractivity contribution < 1.29 is 36.6 Å². The fourth-order valence-electron chi connectivity index (χ4n) is 4.69. The summed E-state index contributed by atoms with van der Waals surface area (Å²) in [6, 6.07) is 14.9. The lowest BCUT2D eigenvalue weighted by molar-refractivity contribution is -0.153. The highest BCUT2D eigenvalue weighted by atomic mass is 32.2. The number of carbonyl (C=O) groups excluding carboxylic acids is 1. The summed E-state index contributed by atoms with van der Waals surface area (Å²) in [5.74, 6) is -2.55. The van der Waals surface area contributed by atoms with E-state index in [1.165, 1.54) is 28.6 Å². The second-order valence-electron chi connectivity index (χ2n) is 10.2. The van der Waals surface area contributed by atoms with Gasteiger partial charge >= 0.3 is 5.97 Å². The van der Waals surface area contributed by atoms with E-state index >= 15 is 0 Å². The van der Waals surface area contributed by atoms with Gasteiger partial charge in [0.05, 0.1) is 40.6 Å². The number of nitrogens with zero attached hydrogens (tertiary/aromatic N) is 1. The van der Waals surface area contributed by atoms with Crippen molar-refractivity contribution in [3.8, 4) is 0 Å². The minimum atomic E-state index is -4.00. The largest absolute Gasteiger partial charge is 0.459 e. The first kappa shape index (κ1) is 24.5. The third-order valence-corrected chi connectivity index (χ3v) is 8.51. The summed E-state index contributed by atoms with van der Waals surface area (Å²) in [4.78, 5) is 13.3. The van der Waals surface area contributed by atoms with Gasteiger partial charge in [0.25, 0.3) is 0 Å². The van der Waals surface area contributed by atoms with E-state index in [4.69, 9.17) is 24.1 Å². The zero-order valence-corrected chi connectivity index (χ0v) is 22.5. The van der Waals surface area contributed by atoms with Gasteiger partial charge in [-0.1, -0.05) is 44.2 Å². The molecule has 0 amide bonds. The summed E-state index contributed by atoms with van der Waals surface area (Å²) < 4.78 is 69.4. The summed E-state index contributed by atoms with van der Waals surface area (Å²) in [6.07, 6.45) is -4.45.